The number of piperidine rings is 1. The molecule has 2 amide bonds. The summed E-state index contributed by atoms with van der Waals surface area (Å²) in [7, 11) is 3.19. The third kappa shape index (κ3) is 4.25. The molecule has 31 heavy (non-hydrogen) atoms. The minimum Gasteiger partial charge on any atom is -0.497 e. The van der Waals surface area contributed by atoms with Crippen LogP contribution in [-0.4, -0.2) is 63.9 Å². The predicted octanol–water partition coefficient (Wildman–Crippen LogP) is 2.25. The van der Waals surface area contributed by atoms with E-state index in [4.69, 9.17) is 9.72 Å². The molecule has 0 bridgehead atoms. The lowest BCUT2D eigenvalue weighted by atomic mass is 9.97. The molecule has 0 aliphatic carbocycles. The number of H-pyrrole nitrogens is 1. The number of likely N-dealkylation sites (tertiary alicyclic amines) is 1. The van der Waals surface area contributed by atoms with E-state index in [1.165, 1.54) is 12.4 Å². The molecule has 2 N–H and O–H groups in total. The van der Waals surface area contributed by atoms with Crippen LogP contribution >= 0.6 is 0 Å². The van der Waals surface area contributed by atoms with E-state index in [2.05, 4.69) is 20.3 Å². The fourth-order valence-corrected chi connectivity index (χ4v) is 3.79. The van der Waals surface area contributed by atoms with Crippen molar-refractivity contribution in [2.75, 3.05) is 27.2 Å². The van der Waals surface area contributed by atoms with Crippen LogP contribution in [0, 0.1) is 0 Å². The van der Waals surface area contributed by atoms with Gasteiger partial charge in [0.1, 0.15) is 28.7 Å². The van der Waals surface area contributed by atoms with Crippen LogP contribution in [0.25, 0.3) is 11.3 Å². The van der Waals surface area contributed by atoms with E-state index in [-0.39, 0.29) is 17.7 Å². The van der Waals surface area contributed by atoms with Gasteiger partial charge >= 0.3 is 0 Å². The Labute approximate surface area is 179 Å². The van der Waals surface area contributed by atoms with Gasteiger partial charge in [0, 0.05) is 44.0 Å². The summed E-state index contributed by atoms with van der Waals surface area (Å²) in [5.41, 5.74) is 2.12. The SMILES string of the molecule is CNC(=O)c1[nH]c(C2CCCN(C(=O)c3cnccn3)C2)nc1-c1ccc(OC)cc1. The molecule has 1 aliphatic heterocycles. The van der Waals surface area contributed by atoms with Crippen LogP contribution in [-0.2, 0) is 0 Å². The van der Waals surface area contributed by atoms with Crippen LogP contribution in [0.15, 0.2) is 42.9 Å². The number of hydrogen-bond donors (Lipinski definition) is 2. The van der Waals surface area contributed by atoms with Gasteiger partial charge in [0.05, 0.1) is 13.3 Å². The highest BCUT2D eigenvalue weighted by atomic mass is 16.5. The number of benzene rings is 1. The van der Waals surface area contributed by atoms with Crippen LogP contribution in [0.1, 0.15) is 45.6 Å². The van der Waals surface area contributed by atoms with E-state index in [0.717, 1.165) is 24.2 Å². The normalized spacial score (nSPS) is 16.1. The zero-order chi connectivity index (χ0) is 21.8. The van der Waals surface area contributed by atoms with Gasteiger partial charge in [-0.05, 0) is 37.1 Å². The first kappa shape index (κ1) is 20.5. The third-order valence-corrected chi connectivity index (χ3v) is 5.42. The quantitative estimate of drug-likeness (QED) is 0.655. The lowest BCUT2D eigenvalue weighted by molar-refractivity contribution is 0.0697. The predicted molar refractivity (Wildman–Crippen MR) is 114 cm³/mol. The zero-order valence-electron chi connectivity index (χ0n) is 17.5. The summed E-state index contributed by atoms with van der Waals surface area (Å²) in [4.78, 5) is 43.2. The van der Waals surface area contributed by atoms with Gasteiger partial charge in [-0.15, -0.1) is 0 Å². The highest BCUT2D eigenvalue weighted by Gasteiger charge is 2.29. The lowest BCUT2D eigenvalue weighted by Gasteiger charge is -2.31. The first-order valence-corrected chi connectivity index (χ1v) is 10.1. The maximum atomic E-state index is 12.8. The Morgan fingerprint density at radius 3 is 2.71 bits per heavy atom. The highest BCUT2D eigenvalue weighted by Crippen LogP contribution is 2.30. The van der Waals surface area contributed by atoms with Crippen molar-refractivity contribution in [2.24, 2.45) is 0 Å². The molecule has 0 spiro atoms. The Balaban J connectivity index is 1.62. The number of carbonyl (C=O) groups is 2. The fraction of sp³-hybridized carbons (Fsp3) is 0.318. The molecule has 3 heterocycles. The summed E-state index contributed by atoms with van der Waals surface area (Å²) in [5.74, 6) is 1.02. The second-order valence-corrected chi connectivity index (χ2v) is 7.33. The third-order valence-electron chi connectivity index (χ3n) is 5.42. The van der Waals surface area contributed by atoms with E-state index in [1.54, 1.807) is 25.3 Å². The maximum Gasteiger partial charge on any atom is 0.274 e. The number of methoxy groups -OCH3 is 1. The Morgan fingerprint density at radius 2 is 2.03 bits per heavy atom. The molecular formula is C22H24N6O3. The van der Waals surface area contributed by atoms with E-state index in [9.17, 15) is 9.59 Å². The number of aromatic nitrogens is 4. The molecular weight excluding hydrogens is 396 g/mol. The number of aromatic amines is 1. The molecule has 1 aliphatic rings. The summed E-state index contributed by atoms with van der Waals surface area (Å²) >= 11 is 0. The second kappa shape index (κ2) is 8.95. The average molecular weight is 420 g/mol. The average Bonchev–Trinajstić information content (AvgIpc) is 3.29. The van der Waals surface area contributed by atoms with Gasteiger partial charge in [-0.25, -0.2) is 9.97 Å². The van der Waals surface area contributed by atoms with Gasteiger partial charge in [-0.2, -0.15) is 0 Å². The molecule has 2 aromatic heterocycles. The van der Waals surface area contributed by atoms with Crippen LogP contribution < -0.4 is 10.1 Å². The molecule has 9 nitrogen and oxygen atoms in total. The summed E-state index contributed by atoms with van der Waals surface area (Å²) in [6, 6.07) is 7.41. The minimum atomic E-state index is -0.243. The van der Waals surface area contributed by atoms with Crippen molar-refractivity contribution in [3.8, 4) is 17.0 Å². The monoisotopic (exact) mass is 420 g/mol. The summed E-state index contributed by atoms with van der Waals surface area (Å²) in [6.45, 7) is 1.15. The van der Waals surface area contributed by atoms with Crippen LogP contribution in [0.4, 0.5) is 0 Å². The van der Waals surface area contributed by atoms with Crippen molar-refractivity contribution in [3.05, 3.63) is 60.1 Å². The Bertz CT molecular complexity index is 1060. The fourth-order valence-electron chi connectivity index (χ4n) is 3.79. The Hall–Kier alpha value is -3.75. The van der Waals surface area contributed by atoms with Gasteiger partial charge in [0.25, 0.3) is 11.8 Å². The maximum absolute atomic E-state index is 12.8. The summed E-state index contributed by atoms with van der Waals surface area (Å²) in [5, 5.41) is 2.66. The second-order valence-electron chi connectivity index (χ2n) is 7.33. The number of hydrogen-bond acceptors (Lipinski definition) is 6. The van der Waals surface area contributed by atoms with Gasteiger partial charge in [0.2, 0.25) is 0 Å². The number of nitrogens with one attached hydrogen (secondary N) is 2. The molecule has 1 unspecified atom stereocenters. The number of carbonyl (C=O) groups excluding carboxylic acids is 2. The first-order valence-electron chi connectivity index (χ1n) is 10.1. The van der Waals surface area contributed by atoms with Gasteiger partial charge < -0.3 is 19.9 Å². The molecule has 1 saturated heterocycles. The molecule has 9 heteroatoms. The molecule has 4 rings (SSSR count). The van der Waals surface area contributed by atoms with Crippen molar-refractivity contribution in [2.45, 2.75) is 18.8 Å². The zero-order valence-corrected chi connectivity index (χ0v) is 17.5. The van der Waals surface area contributed by atoms with Crippen molar-refractivity contribution in [3.63, 3.8) is 0 Å². The van der Waals surface area contributed by atoms with Crippen LogP contribution in [0.2, 0.25) is 0 Å². The van der Waals surface area contributed by atoms with Crippen molar-refractivity contribution in [1.82, 2.24) is 30.2 Å². The molecule has 1 atom stereocenters. The lowest BCUT2D eigenvalue weighted by Crippen LogP contribution is -2.39. The number of nitrogens with zero attached hydrogens (tertiary/aromatic N) is 4. The van der Waals surface area contributed by atoms with Crippen LogP contribution in [0.5, 0.6) is 5.75 Å². The van der Waals surface area contributed by atoms with Crippen molar-refractivity contribution >= 4 is 11.8 Å². The molecule has 160 valence electrons. The molecule has 0 saturated carbocycles. The Morgan fingerprint density at radius 1 is 1.23 bits per heavy atom. The van der Waals surface area contributed by atoms with Gasteiger partial charge in [-0.1, -0.05) is 0 Å². The molecule has 0 radical (unpaired) electrons. The first-order chi connectivity index (χ1) is 15.1. The van der Waals surface area contributed by atoms with E-state index >= 15 is 0 Å². The highest BCUT2D eigenvalue weighted by molar-refractivity contribution is 5.98. The van der Waals surface area contributed by atoms with E-state index in [0.29, 0.717) is 36.0 Å². The van der Waals surface area contributed by atoms with Crippen molar-refractivity contribution < 1.29 is 14.3 Å². The Kier molecular flexibility index (Phi) is 5.92. The largest absolute Gasteiger partial charge is 0.497 e. The van der Waals surface area contributed by atoms with Gasteiger partial charge in [0.15, 0.2) is 0 Å². The number of rotatable bonds is 5. The number of amides is 2. The summed E-state index contributed by atoms with van der Waals surface area (Å²) < 4.78 is 5.22. The minimum absolute atomic E-state index is 0.00947. The van der Waals surface area contributed by atoms with E-state index in [1.807, 2.05) is 24.3 Å². The van der Waals surface area contributed by atoms with Crippen LogP contribution in [0.3, 0.4) is 0 Å². The summed E-state index contributed by atoms with van der Waals surface area (Å²) in [6.07, 6.45) is 6.24. The van der Waals surface area contributed by atoms with E-state index < -0.39 is 0 Å². The molecule has 1 aromatic carbocycles. The molecule has 1 fully saturated rings. The standard InChI is InChI=1S/C22H24N6O3/c1-23-21(29)19-18(14-5-7-16(31-2)8-6-14)26-20(27-19)15-4-3-11-28(13-15)22(30)17-12-24-9-10-25-17/h5-10,12,15H,3-4,11,13H2,1-2H3,(H,23,29)(H,26,27). The number of imidazole rings is 1. The topological polar surface area (TPSA) is 113 Å². The molecule has 3 aromatic rings. The number of ether oxygens (including phenoxy) is 1. The van der Waals surface area contributed by atoms with Crippen molar-refractivity contribution in [1.29, 1.82) is 0 Å². The smallest absolute Gasteiger partial charge is 0.274 e. The van der Waals surface area contributed by atoms with Gasteiger partial charge in [-0.3, -0.25) is 14.6 Å².